The quantitative estimate of drug-likeness (QED) is 0.763. The van der Waals surface area contributed by atoms with Gasteiger partial charge in [0.25, 0.3) is 0 Å². The SMILES string of the molecule is COc1ccc(C(=O)COc2ccc(F)c(Cl)c2)cc1Cl. The number of Topliss-reactive ketones (excluding diaryl/α,β-unsaturated/α-hetero) is 1. The van der Waals surface area contributed by atoms with E-state index in [2.05, 4.69) is 0 Å². The third kappa shape index (κ3) is 3.86. The fourth-order valence-electron chi connectivity index (χ4n) is 1.64. The molecule has 0 fully saturated rings. The van der Waals surface area contributed by atoms with Crippen molar-refractivity contribution in [3.63, 3.8) is 0 Å². The van der Waals surface area contributed by atoms with Crippen LogP contribution in [0.3, 0.4) is 0 Å². The van der Waals surface area contributed by atoms with Crippen LogP contribution in [0.25, 0.3) is 0 Å². The summed E-state index contributed by atoms with van der Waals surface area (Å²) in [5.74, 6) is -0.00825. The van der Waals surface area contributed by atoms with E-state index in [1.165, 1.54) is 31.4 Å². The van der Waals surface area contributed by atoms with Crippen LogP contribution in [0.4, 0.5) is 4.39 Å². The summed E-state index contributed by atoms with van der Waals surface area (Å²) >= 11 is 11.6. The Hall–Kier alpha value is -1.78. The predicted octanol–water partition coefficient (Wildman–Crippen LogP) is 4.40. The Bertz CT molecular complexity index is 674. The van der Waals surface area contributed by atoms with E-state index in [1.54, 1.807) is 12.1 Å². The molecule has 0 N–H and O–H groups in total. The average Bonchev–Trinajstić information content (AvgIpc) is 2.48. The molecule has 0 atom stereocenters. The third-order valence-corrected chi connectivity index (χ3v) is 3.32. The summed E-state index contributed by atoms with van der Waals surface area (Å²) < 4.78 is 23.3. The molecule has 0 aliphatic rings. The zero-order chi connectivity index (χ0) is 15.4. The lowest BCUT2D eigenvalue weighted by Crippen LogP contribution is -2.11. The topological polar surface area (TPSA) is 35.5 Å². The first-order chi connectivity index (χ1) is 10.0. The van der Waals surface area contributed by atoms with Gasteiger partial charge < -0.3 is 9.47 Å². The van der Waals surface area contributed by atoms with Gasteiger partial charge in [0.1, 0.15) is 17.3 Å². The highest BCUT2D eigenvalue weighted by Crippen LogP contribution is 2.25. The molecule has 6 heteroatoms. The molecule has 2 aromatic rings. The molecule has 0 heterocycles. The van der Waals surface area contributed by atoms with Crippen LogP contribution in [0.5, 0.6) is 11.5 Å². The summed E-state index contributed by atoms with van der Waals surface area (Å²) in [4.78, 5) is 12.0. The summed E-state index contributed by atoms with van der Waals surface area (Å²) in [6.07, 6.45) is 0. The average molecular weight is 329 g/mol. The summed E-state index contributed by atoms with van der Waals surface area (Å²) in [5, 5.41) is 0.278. The third-order valence-electron chi connectivity index (χ3n) is 2.73. The molecule has 0 unspecified atom stereocenters. The summed E-state index contributed by atoms with van der Waals surface area (Å²) in [6.45, 7) is -0.204. The number of ether oxygens (including phenoxy) is 2. The van der Waals surface area contributed by atoms with Crippen molar-refractivity contribution >= 4 is 29.0 Å². The number of carbonyl (C=O) groups excluding carboxylic acids is 1. The first-order valence-electron chi connectivity index (χ1n) is 5.96. The lowest BCUT2D eigenvalue weighted by Gasteiger charge is -2.08. The van der Waals surface area contributed by atoms with Crippen LogP contribution in [-0.2, 0) is 0 Å². The summed E-state index contributed by atoms with van der Waals surface area (Å²) in [6, 6.07) is 8.58. The second-order valence-corrected chi connectivity index (χ2v) is 4.95. The molecule has 0 spiro atoms. The number of hydrogen-bond donors (Lipinski definition) is 0. The van der Waals surface area contributed by atoms with E-state index in [4.69, 9.17) is 32.7 Å². The molecule has 0 saturated heterocycles. The number of ketones is 1. The van der Waals surface area contributed by atoms with Gasteiger partial charge in [-0.3, -0.25) is 4.79 Å². The standard InChI is InChI=1S/C15H11Cl2FO3/c1-20-15-5-2-9(6-12(15)17)14(19)8-21-10-3-4-13(18)11(16)7-10/h2-7H,8H2,1H3. The first kappa shape index (κ1) is 15.6. The normalized spacial score (nSPS) is 10.3. The van der Waals surface area contributed by atoms with E-state index in [9.17, 15) is 9.18 Å². The van der Waals surface area contributed by atoms with Crippen LogP contribution in [-0.4, -0.2) is 19.5 Å². The molecule has 0 amide bonds. The Kier molecular flexibility index (Phi) is 5.04. The molecule has 2 aromatic carbocycles. The minimum Gasteiger partial charge on any atom is -0.495 e. The number of carbonyl (C=O) groups is 1. The maximum absolute atomic E-state index is 13.0. The smallest absolute Gasteiger partial charge is 0.200 e. The molecule has 0 aliphatic carbocycles. The largest absolute Gasteiger partial charge is 0.495 e. The van der Waals surface area contributed by atoms with E-state index in [1.807, 2.05) is 0 Å². The van der Waals surface area contributed by atoms with Crippen LogP contribution in [0.2, 0.25) is 10.0 Å². The monoisotopic (exact) mass is 328 g/mol. The van der Waals surface area contributed by atoms with Gasteiger partial charge in [0, 0.05) is 11.6 Å². The van der Waals surface area contributed by atoms with Gasteiger partial charge in [0.05, 0.1) is 17.2 Å². The maximum atomic E-state index is 13.0. The lowest BCUT2D eigenvalue weighted by molar-refractivity contribution is 0.0921. The van der Waals surface area contributed by atoms with Gasteiger partial charge >= 0.3 is 0 Å². The second kappa shape index (κ2) is 6.78. The minimum absolute atomic E-state index is 0.0626. The number of halogens is 3. The first-order valence-corrected chi connectivity index (χ1v) is 6.71. The van der Waals surface area contributed by atoms with Crippen molar-refractivity contribution in [3.8, 4) is 11.5 Å². The fourth-order valence-corrected chi connectivity index (χ4v) is 2.07. The highest BCUT2D eigenvalue weighted by molar-refractivity contribution is 6.32. The summed E-state index contributed by atoms with van der Waals surface area (Å²) in [7, 11) is 1.49. The van der Waals surface area contributed by atoms with Crippen LogP contribution in [0.15, 0.2) is 36.4 Å². The van der Waals surface area contributed by atoms with Crippen molar-refractivity contribution in [2.45, 2.75) is 0 Å². The molecule has 0 aromatic heterocycles. The van der Waals surface area contributed by atoms with Crippen molar-refractivity contribution in [1.82, 2.24) is 0 Å². The summed E-state index contributed by atoms with van der Waals surface area (Å²) in [5.41, 5.74) is 0.397. The second-order valence-electron chi connectivity index (χ2n) is 4.14. The molecule has 21 heavy (non-hydrogen) atoms. The molecule has 3 nitrogen and oxygen atoms in total. The zero-order valence-corrected chi connectivity index (χ0v) is 12.5. The number of methoxy groups -OCH3 is 1. The van der Waals surface area contributed by atoms with Gasteiger partial charge in [-0.25, -0.2) is 4.39 Å². The van der Waals surface area contributed by atoms with Gasteiger partial charge in [0.15, 0.2) is 12.4 Å². The van der Waals surface area contributed by atoms with Crippen LogP contribution < -0.4 is 9.47 Å². The molecule has 0 bridgehead atoms. The molecule has 0 radical (unpaired) electrons. The van der Waals surface area contributed by atoms with Crippen molar-refractivity contribution < 1.29 is 18.7 Å². The van der Waals surface area contributed by atoms with Gasteiger partial charge in [0.2, 0.25) is 0 Å². The van der Waals surface area contributed by atoms with Crippen molar-refractivity contribution in [1.29, 1.82) is 0 Å². The molecular weight excluding hydrogens is 318 g/mol. The van der Waals surface area contributed by atoms with E-state index in [-0.39, 0.29) is 17.4 Å². The Morgan fingerprint density at radius 1 is 1.14 bits per heavy atom. The van der Waals surface area contributed by atoms with Gasteiger partial charge in [-0.2, -0.15) is 0 Å². The molecule has 0 aliphatic heterocycles. The number of rotatable bonds is 5. The number of hydrogen-bond acceptors (Lipinski definition) is 3. The Labute approximate surface area is 131 Å². The van der Waals surface area contributed by atoms with Gasteiger partial charge in [-0.1, -0.05) is 23.2 Å². The van der Waals surface area contributed by atoms with E-state index in [0.29, 0.717) is 22.1 Å². The number of benzene rings is 2. The van der Waals surface area contributed by atoms with Gasteiger partial charge in [-0.05, 0) is 30.3 Å². The maximum Gasteiger partial charge on any atom is 0.200 e. The highest BCUT2D eigenvalue weighted by Gasteiger charge is 2.11. The van der Waals surface area contributed by atoms with Crippen molar-refractivity contribution in [2.24, 2.45) is 0 Å². The predicted molar refractivity (Wildman–Crippen MR) is 79.2 cm³/mol. The van der Waals surface area contributed by atoms with Crippen LogP contribution in [0, 0.1) is 5.82 Å². The van der Waals surface area contributed by atoms with Crippen LogP contribution >= 0.6 is 23.2 Å². The van der Waals surface area contributed by atoms with E-state index in [0.717, 1.165) is 0 Å². The Morgan fingerprint density at radius 2 is 1.90 bits per heavy atom. The lowest BCUT2D eigenvalue weighted by atomic mass is 10.1. The fraction of sp³-hybridized carbons (Fsp3) is 0.133. The van der Waals surface area contributed by atoms with Crippen LogP contribution in [0.1, 0.15) is 10.4 Å². The van der Waals surface area contributed by atoms with E-state index < -0.39 is 5.82 Å². The molecule has 0 saturated carbocycles. The van der Waals surface area contributed by atoms with E-state index >= 15 is 0 Å². The molecular formula is C15H11Cl2FO3. The van der Waals surface area contributed by atoms with Crippen molar-refractivity contribution in [3.05, 3.63) is 57.8 Å². The molecule has 2 rings (SSSR count). The Morgan fingerprint density at radius 3 is 2.52 bits per heavy atom. The molecule has 110 valence electrons. The minimum atomic E-state index is -0.544. The van der Waals surface area contributed by atoms with Gasteiger partial charge in [-0.15, -0.1) is 0 Å². The Balaban J connectivity index is 2.04. The zero-order valence-electron chi connectivity index (χ0n) is 11.0. The highest BCUT2D eigenvalue weighted by atomic mass is 35.5. The van der Waals surface area contributed by atoms with Crippen molar-refractivity contribution in [2.75, 3.05) is 13.7 Å².